The van der Waals surface area contributed by atoms with Gasteiger partial charge in [-0.15, -0.1) is 0 Å². The van der Waals surface area contributed by atoms with E-state index >= 15 is 0 Å². The Labute approximate surface area is 145 Å². The number of unbranched alkanes of at least 4 members (excludes halogenated alkanes) is 1. The zero-order valence-electron chi connectivity index (χ0n) is 15.3. The molecule has 0 amide bonds. The van der Waals surface area contributed by atoms with Crippen molar-refractivity contribution >= 4 is 5.69 Å². The maximum Gasteiger partial charge on any atom is 0.124 e. The largest absolute Gasteiger partial charge is 0.494 e. The predicted octanol–water partition coefficient (Wildman–Crippen LogP) is 5.11. The van der Waals surface area contributed by atoms with E-state index in [0.717, 1.165) is 35.6 Å². The second kappa shape index (κ2) is 8.09. The normalized spacial score (nSPS) is 11.3. The number of hydrogen-bond acceptors (Lipinski definition) is 3. The van der Waals surface area contributed by atoms with Crippen LogP contribution in [0, 0.1) is 6.92 Å². The van der Waals surface area contributed by atoms with E-state index in [1.165, 1.54) is 5.56 Å². The Morgan fingerprint density at radius 1 is 0.875 bits per heavy atom. The topological polar surface area (TPSA) is 44.5 Å². The lowest BCUT2D eigenvalue weighted by Gasteiger charge is -2.19. The molecule has 0 heterocycles. The molecule has 0 spiro atoms. The molecule has 0 atom stereocenters. The first-order valence-corrected chi connectivity index (χ1v) is 8.58. The van der Waals surface area contributed by atoms with Crippen LogP contribution in [0.3, 0.4) is 0 Å². The molecule has 0 aromatic heterocycles. The average molecular weight is 327 g/mol. The van der Waals surface area contributed by atoms with E-state index in [-0.39, 0.29) is 5.41 Å². The summed E-state index contributed by atoms with van der Waals surface area (Å²) in [7, 11) is 0. The van der Waals surface area contributed by atoms with E-state index in [0.29, 0.717) is 13.2 Å². The molecule has 0 aliphatic rings. The van der Waals surface area contributed by atoms with E-state index in [9.17, 15) is 0 Å². The summed E-state index contributed by atoms with van der Waals surface area (Å²) >= 11 is 0. The summed E-state index contributed by atoms with van der Waals surface area (Å²) in [5.41, 5.74) is 9.12. The molecule has 2 aromatic carbocycles. The van der Waals surface area contributed by atoms with Crippen LogP contribution < -0.4 is 15.2 Å². The quantitative estimate of drug-likeness (QED) is 0.567. The van der Waals surface area contributed by atoms with Crippen molar-refractivity contribution in [2.24, 2.45) is 0 Å². The highest BCUT2D eigenvalue weighted by Gasteiger charge is 2.12. The second-order valence-corrected chi connectivity index (χ2v) is 7.20. The number of benzene rings is 2. The SMILES string of the molecule is Cc1ccc(N)cc1OCCCCOc1ccc(C(C)(C)C)cc1. The third-order valence-corrected chi connectivity index (χ3v) is 4.00. The van der Waals surface area contributed by atoms with E-state index in [1.54, 1.807) is 0 Å². The molecule has 130 valence electrons. The van der Waals surface area contributed by atoms with Crippen molar-refractivity contribution in [1.82, 2.24) is 0 Å². The number of hydrogen-bond donors (Lipinski definition) is 1. The summed E-state index contributed by atoms with van der Waals surface area (Å²) in [5, 5.41) is 0. The van der Waals surface area contributed by atoms with Crippen molar-refractivity contribution in [3.05, 3.63) is 53.6 Å². The van der Waals surface area contributed by atoms with E-state index in [4.69, 9.17) is 15.2 Å². The van der Waals surface area contributed by atoms with Gasteiger partial charge in [0.1, 0.15) is 11.5 Å². The molecule has 0 radical (unpaired) electrons. The Morgan fingerprint density at radius 3 is 2.12 bits per heavy atom. The number of aryl methyl sites for hydroxylation is 1. The van der Waals surface area contributed by atoms with Crippen LogP contribution in [0.2, 0.25) is 0 Å². The lowest BCUT2D eigenvalue weighted by atomic mass is 9.87. The first-order valence-electron chi connectivity index (χ1n) is 8.58. The third kappa shape index (κ3) is 5.48. The zero-order chi connectivity index (χ0) is 17.6. The first-order chi connectivity index (χ1) is 11.4. The Kier molecular flexibility index (Phi) is 6.13. The summed E-state index contributed by atoms with van der Waals surface area (Å²) in [6.07, 6.45) is 1.91. The fourth-order valence-electron chi connectivity index (χ4n) is 2.40. The number of nitrogens with two attached hydrogens (primary N) is 1. The van der Waals surface area contributed by atoms with Crippen LogP contribution in [0.1, 0.15) is 44.7 Å². The molecule has 0 unspecified atom stereocenters. The van der Waals surface area contributed by atoms with Crippen molar-refractivity contribution in [3.8, 4) is 11.5 Å². The Bertz CT molecular complexity index is 642. The van der Waals surface area contributed by atoms with Gasteiger partial charge in [-0.1, -0.05) is 39.0 Å². The summed E-state index contributed by atoms with van der Waals surface area (Å²) in [4.78, 5) is 0. The number of anilines is 1. The second-order valence-electron chi connectivity index (χ2n) is 7.20. The van der Waals surface area contributed by atoms with Gasteiger partial charge in [0.05, 0.1) is 13.2 Å². The van der Waals surface area contributed by atoms with Gasteiger partial charge >= 0.3 is 0 Å². The molecule has 2 rings (SSSR count). The molecule has 0 aliphatic heterocycles. The monoisotopic (exact) mass is 327 g/mol. The maximum atomic E-state index is 5.79. The zero-order valence-corrected chi connectivity index (χ0v) is 15.3. The number of rotatable bonds is 7. The fourth-order valence-corrected chi connectivity index (χ4v) is 2.40. The Hall–Kier alpha value is -2.16. The maximum absolute atomic E-state index is 5.79. The summed E-state index contributed by atoms with van der Waals surface area (Å²) < 4.78 is 11.6. The smallest absolute Gasteiger partial charge is 0.124 e. The Morgan fingerprint density at radius 2 is 1.50 bits per heavy atom. The highest BCUT2D eigenvalue weighted by molar-refractivity contribution is 5.47. The lowest BCUT2D eigenvalue weighted by molar-refractivity contribution is 0.265. The van der Waals surface area contributed by atoms with Crippen LogP contribution in [0.5, 0.6) is 11.5 Å². The van der Waals surface area contributed by atoms with Crippen molar-refractivity contribution in [3.63, 3.8) is 0 Å². The van der Waals surface area contributed by atoms with Crippen LogP contribution in [0.25, 0.3) is 0 Å². The van der Waals surface area contributed by atoms with Gasteiger partial charge in [-0.25, -0.2) is 0 Å². The van der Waals surface area contributed by atoms with Crippen molar-refractivity contribution in [1.29, 1.82) is 0 Å². The summed E-state index contributed by atoms with van der Waals surface area (Å²) in [6, 6.07) is 14.1. The molecule has 2 aromatic rings. The van der Waals surface area contributed by atoms with Gasteiger partial charge in [0.15, 0.2) is 0 Å². The van der Waals surface area contributed by atoms with Crippen molar-refractivity contribution in [2.75, 3.05) is 18.9 Å². The average Bonchev–Trinajstić information content (AvgIpc) is 2.53. The molecular formula is C21H29NO2. The van der Waals surface area contributed by atoms with Gasteiger partial charge in [0.25, 0.3) is 0 Å². The fraction of sp³-hybridized carbons (Fsp3) is 0.429. The first kappa shape index (κ1) is 18.2. The number of ether oxygens (including phenoxy) is 2. The third-order valence-electron chi connectivity index (χ3n) is 4.00. The molecule has 0 saturated heterocycles. The van der Waals surface area contributed by atoms with Gasteiger partial charge in [-0.05, 0) is 54.5 Å². The molecule has 0 bridgehead atoms. The molecule has 0 saturated carbocycles. The summed E-state index contributed by atoms with van der Waals surface area (Å²) in [5.74, 6) is 1.80. The van der Waals surface area contributed by atoms with Crippen LogP contribution in [-0.2, 0) is 5.41 Å². The standard InChI is InChI=1S/C21H29NO2/c1-16-7-10-18(22)15-20(16)24-14-6-5-13-23-19-11-8-17(9-12-19)21(2,3)4/h7-12,15H,5-6,13-14,22H2,1-4H3. The molecule has 24 heavy (non-hydrogen) atoms. The van der Waals surface area contributed by atoms with Crippen LogP contribution >= 0.6 is 0 Å². The minimum absolute atomic E-state index is 0.175. The van der Waals surface area contributed by atoms with Crippen LogP contribution in [0.4, 0.5) is 5.69 Å². The van der Waals surface area contributed by atoms with Gasteiger partial charge < -0.3 is 15.2 Å². The predicted molar refractivity (Wildman–Crippen MR) is 101 cm³/mol. The van der Waals surface area contributed by atoms with E-state index < -0.39 is 0 Å². The van der Waals surface area contributed by atoms with Crippen molar-refractivity contribution < 1.29 is 9.47 Å². The number of nitrogen functional groups attached to an aromatic ring is 1. The Balaban J connectivity index is 1.67. The molecule has 3 nitrogen and oxygen atoms in total. The van der Waals surface area contributed by atoms with Crippen LogP contribution in [-0.4, -0.2) is 13.2 Å². The summed E-state index contributed by atoms with van der Waals surface area (Å²) in [6.45, 7) is 10.0. The molecule has 0 aliphatic carbocycles. The highest BCUT2D eigenvalue weighted by atomic mass is 16.5. The minimum atomic E-state index is 0.175. The molecule has 0 fully saturated rings. The lowest BCUT2D eigenvalue weighted by Crippen LogP contribution is -2.10. The van der Waals surface area contributed by atoms with Crippen molar-refractivity contribution in [2.45, 2.75) is 46.0 Å². The van der Waals surface area contributed by atoms with E-state index in [2.05, 4.69) is 32.9 Å². The molecule has 2 N–H and O–H groups in total. The van der Waals surface area contributed by atoms with Gasteiger partial charge in [-0.3, -0.25) is 0 Å². The van der Waals surface area contributed by atoms with Gasteiger partial charge in [0, 0.05) is 11.8 Å². The van der Waals surface area contributed by atoms with Gasteiger partial charge in [-0.2, -0.15) is 0 Å². The van der Waals surface area contributed by atoms with Gasteiger partial charge in [0.2, 0.25) is 0 Å². The van der Waals surface area contributed by atoms with Crippen LogP contribution in [0.15, 0.2) is 42.5 Å². The molecular weight excluding hydrogens is 298 g/mol. The van der Waals surface area contributed by atoms with E-state index in [1.807, 2.05) is 37.3 Å². The molecule has 3 heteroatoms. The highest BCUT2D eigenvalue weighted by Crippen LogP contribution is 2.24. The minimum Gasteiger partial charge on any atom is -0.494 e.